The Morgan fingerprint density at radius 3 is 1.39 bits per heavy atom. The van der Waals surface area contributed by atoms with E-state index < -0.39 is 0 Å². The highest BCUT2D eigenvalue weighted by Gasteiger charge is 2.35. The second-order valence-electron chi connectivity index (χ2n) is 17.0. The van der Waals surface area contributed by atoms with Crippen LogP contribution >= 0.6 is 0 Å². The minimum atomic E-state index is -0.310. The lowest BCUT2D eigenvalue weighted by Crippen LogP contribution is -2.15. The van der Waals surface area contributed by atoms with E-state index in [1.807, 2.05) is 24.4 Å². The van der Waals surface area contributed by atoms with Gasteiger partial charge in [0.15, 0.2) is 0 Å². The molecule has 9 aromatic carbocycles. The van der Waals surface area contributed by atoms with E-state index in [-0.39, 0.29) is 11.5 Å². The van der Waals surface area contributed by atoms with Crippen molar-refractivity contribution in [1.82, 2.24) is 0 Å². The quantitative estimate of drug-likeness (QED) is 0.132. The van der Waals surface area contributed by atoms with Gasteiger partial charge in [-0.05, 0) is 115 Å². The third-order valence-corrected chi connectivity index (χ3v) is 12.6. The van der Waals surface area contributed by atoms with Gasteiger partial charge in [-0.15, -0.1) is 0 Å². The minimum Gasteiger partial charge on any atom is -0.321 e. The molecule has 0 radical (unpaired) electrons. The zero-order valence-corrected chi connectivity index (χ0v) is 36.1. The zero-order chi connectivity index (χ0) is 43.5. The Kier molecular flexibility index (Phi) is 11.0. The van der Waals surface area contributed by atoms with E-state index in [2.05, 4.69) is 237 Å². The molecule has 10 rings (SSSR count). The molecule has 0 fully saturated rings. The maximum absolute atomic E-state index is 6.82. The summed E-state index contributed by atoms with van der Waals surface area (Å²) in [5.74, 6) is 0. The summed E-state index contributed by atoms with van der Waals surface area (Å²) >= 11 is 0. The maximum Gasteiger partial charge on any atom is 0.0681 e. The first-order valence-electron chi connectivity index (χ1n) is 22.0. The standard InChI is InChI=1S/C61H49N3/c1-61(2)57-21-13-12-20-55(57)56-39-32-51(40-58(56)61)60(41-59(62)50-18-10-5-11-19-50)63-42-43-22-24-46(25-23-43)49-30-37-54(38-31-49)64(52-33-26-47(27-34-52)44-14-6-3-7-15-44)53-35-28-48(29-36-53)45-16-8-4-9-17-45/h3-42,59H,62H2,1-2H3. The van der Waals surface area contributed by atoms with Crippen LogP contribution in [0.5, 0.6) is 0 Å². The van der Waals surface area contributed by atoms with Gasteiger partial charge in [0.25, 0.3) is 0 Å². The van der Waals surface area contributed by atoms with Crippen molar-refractivity contribution in [3.8, 4) is 44.5 Å². The minimum absolute atomic E-state index is 0.118. The largest absolute Gasteiger partial charge is 0.321 e. The Morgan fingerprint density at radius 1 is 0.453 bits per heavy atom. The maximum atomic E-state index is 6.82. The second kappa shape index (κ2) is 17.5. The normalized spacial score (nSPS) is 13.3. The molecule has 308 valence electrons. The van der Waals surface area contributed by atoms with Crippen LogP contribution in [0, 0.1) is 0 Å². The van der Waals surface area contributed by atoms with Gasteiger partial charge in [0.05, 0.1) is 11.7 Å². The smallest absolute Gasteiger partial charge is 0.0681 e. The van der Waals surface area contributed by atoms with Crippen molar-refractivity contribution in [2.45, 2.75) is 25.3 Å². The van der Waals surface area contributed by atoms with Crippen molar-refractivity contribution in [1.29, 1.82) is 0 Å². The molecule has 64 heavy (non-hydrogen) atoms. The first-order chi connectivity index (χ1) is 31.4. The molecule has 1 unspecified atom stereocenters. The van der Waals surface area contributed by atoms with E-state index in [0.717, 1.165) is 50.6 Å². The summed E-state index contributed by atoms with van der Waals surface area (Å²) < 4.78 is 0. The molecule has 0 saturated carbocycles. The SMILES string of the molecule is CC1(C)c2ccccc2-c2ccc(C(=CC(N)c3ccccc3)N=Cc3ccc(-c4ccc(N(c5ccc(-c6ccccc6)cc5)c5ccc(-c6ccccc6)cc5)cc4)cc3)cc21. The van der Waals surface area contributed by atoms with E-state index in [0.29, 0.717) is 0 Å². The molecule has 0 aromatic heterocycles. The molecule has 0 aliphatic heterocycles. The molecular weight excluding hydrogens is 775 g/mol. The molecule has 3 heteroatoms. The lowest BCUT2D eigenvalue weighted by Gasteiger charge is -2.26. The number of rotatable bonds is 11. The van der Waals surface area contributed by atoms with Gasteiger partial charge in [-0.1, -0.05) is 202 Å². The van der Waals surface area contributed by atoms with Crippen LogP contribution in [-0.2, 0) is 5.41 Å². The Morgan fingerprint density at radius 2 is 0.875 bits per heavy atom. The van der Waals surface area contributed by atoms with Gasteiger partial charge in [-0.3, -0.25) is 4.99 Å². The van der Waals surface area contributed by atoms with Crippen LogP contribution in [0.4, 0.5) is 17.1 Å². The van der Waals surface area contributed by atoms with E-state index in [4.69, 9.17) is 10.7 Å². The van der Waals surface area contributed by atoms with Crippen LogP contribution in [-0.4, -0.2) is 6.21 Å². The lowest BCUT2D eigenvalue weighted by atomic mass is 9.82. The molecule has 0 saturated heterocycles. The third-order valence-electron chi connectivity index (χ3n) is 12.6. The topological polar surface area (TPSA) is 41.6 Å². The first kappa shape index (κ1) is 40.2. The highest BCUT2D eigenvalue weighted by molar-refractivity contribution is 5.88. The summed E-state index contributed by atoms with van der Waals surface area (Å²) in [6.07, 6.45) is 4.03. The van der Waals surface area contributed by atoms with Gasteiger partial charge in [0.1, 0.15) is 0 Å². The summed E-state index contributed by atoms with van der Waals surface area (Å²) in [6, 6.07) is 81.6. The van der Waals surface area contributed by atoms with Crippen LogP contribution in [0.3, 0.4) is 0 Å². The number of anilines is 3. The molecular formula is C61H49N3. The Bertz CT molecular complexity index is 2990. The molecule has 1 aliphatic rings. The van der Waals surface area contributed by atoms with Crippen molar-refractivity contribution >= 4 is 29.0 Å². The van der Waals surface area contributed by atoms with E-state index >= 15 is 0 Å². The van der Waals surface area contributed by atoms with Crippen LogP contribution in [0.1, 0.15) is 47.7 Å². The van der Waals surface area contributed by atoms with Crippen LogP contribution < -0.4 is 10.6 Å². The number of benzene rings is 9. The first-order valence-corrected chi connectivity index (χ1v) is 22.0. The van der Waals surface area contributed by atoms with Crippen LogP contribution in [0.25, 0.3) is 50.2 Å². The molecule has 9 aromatic rings. The van der Waals surface area contributed by atoms with Gasteiger partial charge in [-0.2, -0.15) is 0 Å². The van der Waals surface area contributed by atoms with Crippen molar-refractivity contribution < 1.29 is 0 Å². The lowest BCUT2D eigenvalue weighted by molar-refractivity contribution is 0.660. The van der Waals surface area contributed by atoms with Gasteiger partial charge in [0.2, 0.25) is 0 Å². The van der Waals surface area contributed by atoms with Crippen molar-refractivity contribution in [3.63, 3.8) is 0 Å². The van der Waals surface area contributed by atoms with E-state index in [1.165, 1.54) is 44.5 Å². The number of nitrogens with two attached hydrogens (primary N) is 1. The predicted molar refractivity (Wildman–Crippen MR) is 270 cm³/mol. The fourth-order valence-electron chi connectivity index (χ4n) is 9.04. The molecule has 0 spiro atoms. The molecule has 0 bridgehead atoms. The molecule has 2 N–H and O–H groups in total. The number of aliphatic imine (C=N–C) groups is 1. The fraction of sp³-hybridized carbons (Fsp3) is 0.0656. The van der Waals surface area contributed by atoms with E-state index in [1.54, 1.807) is 0 Å². The Labute approximate surface area is 377 Å². The number of nitrogens with zero attached hydrogens (tertiary/aromatic N) is 2. The Balaban J connectivity index is 0.928. The predicted octanol–water partition coefficient (Wildman–Crippen LogP) is 15.6. The Hall–Kier alpha value is -7.85. The summed E-state index contributed by atoms with van der Waals surface area (Å²) in [5.41, 5.74) is 26.2. The molecule has 0 heterocycles. The molecule has 0 amide bonds. The van der Waals surface area contributed by atoms with Crippen LogP contribution in [0.2, 0.25) is 0 Å². The third kappa shape index (κ3) is 8.13. The summed E-state index contributed by atoms with van der Waals surface area (Å²) in [5, 5.41) is 0. The van der Waals surface area contributed by atoms with Crippen molar-refractivity contribution in [3.05, 3.63) is 264 Å². The summed E-state index contributed by atoms with van der Waals surface area (Å²) in [4.78, 5) is 7.46. The monoisotopic (exact) mass is 823 g/mol. The second-order valence-corrected chi connectivity index (χ2v) is 17.0. The highest BCUT2D eigenvalue weighted by atomic mass is 15.1. The van der Waals surface area contributed by atoms with Crippen molar-refractivity contribution in [2.75, 3.05) is 4.90 Å². The fourth-order valence-corrected chi connectivity index (χ4v) is 9.04. The molecule has 1 aliphatic carbocycles. The average Bonchev–Trinajstić information content (AvgIpc) is 3.59. The van der Waals surface area contributed by atoms with Gasteiger partial charge in [0, 0.05) is 34.3 Å². The summed E-state index contributed by atoms with van der Waals surface area (Å²) in [7, 11) is 0. The number of hydrogen-bond acceptors (Lipinski definition) is 3. The van der Waals surface area contributed by atoms with Gasteiger partial charge < -0.3 is 10.6 Å². The average molecular weight is 824 g/mol. The van der Waals surface area contributed by atoms with E-state index in [9.17, 15) is 0 Å². The molecule has 1 atom stereocenters. The van der Waals surface area contributed by atoms with Crippen molar-refractivity contribution in [2.24, 2.45) is 10.7 Å². The summed E-state index contributed by atoms with van der Waals surface area (Å²) in [6.45, 7) is 4.62. The zero-order valence-electron chi connectivity index (χ0n) is 36.1. The van der Waals surface area contributed by atoms with Crippen LogP contribution in [0.15, 0.2) is 242 Å². The van der Waals surface area contributed by atoms with Gasteiger partial charge in [-0.25, -0.2) is 0 Å². The highest BCUT2D eigenvalue weighted by Crippen LogP contribution is 2.49. The molecule has 3 nitrogen and oxygen atoms in total. The number of fused-ring (bicyclic) bond motifs is 3. The van der Waals surface area contributed by atoms with Gasteiger partial charge >= 0.3 is 0 Å². The number of hydrogen-bond donors (Lipinski definition) is 1.